The number of hydrogen-bond acceptors (Lipinski definition) is 5. The van der Waals surface area contributed by atoms with Crippen LogP contribution in [0.5, 0.6) is 0 Å². The highest BCUT2D eigenvalue weighted by molar-refractivity contribution is 9.10. The van der Waals surface area contributed by atoms with E-state index in [1.807, 2.05) is 4.98 Å². The number of anilines is 2. The molecule has 23 heavy (non-hydrogen) atoms. The lowest BCUT2D eigenvalue weighted by molar-refractivity contribution is -0.121. The summed E-state index contributed by atoms with van der Waals surface area (Å²) in [6.07, 6.45) is 1.09. The number of rotatable bonds is 3. The third kappa shape index (κ3) is 2.95. The van der Waals surface area contributed by atoms with E-state index in [2.05, 4.69) is 26.2 Å². The lowest BCUT2D eigenvalue weighted by Gasteiger charge is -2.15. The first kappa shape index (κ1) is 15.2. The van der Waals surface area contributed by atoms with Crippen LogP contribution >= 0.6 is 15.9 Å². The molecule has 1 aromatic heterocycles. The summed E-state index contributed by atoms with van der Waals surface area (Å²) in [5, 5.41) is 2.69. The first-order valence-corrected chi connectivity index (χ1v) is 7.46. The zero-order valence-corrected chi connectivity index (χ0v) is 13.2. The van der Waals surface area contributed by atoms with Crippen LogP contribution in [-0.4, -0.2) is 27.8 Å². The fourth-order valence-electron chi connectivity index (χ4n) is 2.31. The van der Waals surface area contributed by atoms with Crippen LogP contribution in [0, 0.1) is 0 Å². The summed E-state index contributed by atoms with van der Waals surface area (Å²) in [6, 6.07) is 5.88. The van der Waals surface area contributed by atoms with Crippen molar-refractivity contribution in [3.63, 3.8) is 0 Å². The van der Waals surface area contributed by atoms with Gasteiger partial charge in [0.25, 0.3) is 11.5 Å². The number of carbonyl (C=O) groups is 2. The highest BCUT2D eigenvalue weighted by Crippen LogP contribution is 2.25. The van der Waals surface area contributed by atoms with Crippen molar-refractivity contribution in [1.82, 2.24) is 9.97 Å². The summed E-state index contributed by atoms with van der Waals surface area (Å²) in [4.78, 5) is 52.6. The molecule has 1 aliphatic rings. The number of aromatic amines is 2. The summed E-state index contributed by atoms with van der Waals surface area (Å²) >= 11 is 3.29. The fourth-order valence-corrected chi connectivity index (χ4v) is 2.58. The van der Waals surface area contributed by atoms with E-state index in [1.165, 1.54) is 6.20 Å². The quantitative estimate of drug-likeness (QED) is 0.675. The van der Waals surface area contributed by atoms with Crippen LogP contribution in [0.1, 0.15) is 6.42 Å². The van der Waals surface area contributed by atoms with Gasteiger partial charge >= 0.3 is 5.69 Å². The molecule has 3 N–H and O–H groups in total. The molecule has 2 heterocycles. The number of aromatic nitrogens is 2. The van der Waals surface area contributed by atoms with Crippen LogP contribution in [0.25, 0.3) is 0 Å². The van der Waals surface area contributed by atoms with Crippen molar-refractivity contribution in [3.05, 3.63) is 55.8 Å². The number of halogens is 1. The number of amides is 2. The van der Waals surface area contributed by atoms with Gasteiger partial charge in [0.2, 0.25) is 5.91 Å². The second-order valence-electron chi connectivity index (χ2n) is 4.93. The largest absolute Gasteiger partial charge is 0.368 e. The number of hydrogen-bond donors (Lipinski definition) is 3. The summed E-state index contributed by atoms with van der Waals surface area (Å²) in [5.41, 5.74) is -0.821. The van der Waals surface area contributed by atoms with Crippen molar-refractivity contribution >= 4 is 39.1 Å². The van der Waals surface area contributed by atoms with Gasteiger partial charge in [-0.25, -0.2) is 9.69 Å². The van der Waals surface area contributed by atoms with Crippen LogP contribution in [-0.2, 0) is 9.59 Å². The van der Waals surface area contributed by atoms with Crippen LogP contribution < -0.4 is 21.5 Å². The van der Waals surface area contributed by atoms with Gasteiger partial charge < -0.3 is 10.3 Å². The number of nitrogens with zero attached hydrogens (tertiary/aromatic N) is 1. The minimum absolute atomic E-state index is 0.0217. The molecule has 0 unspecified atom stereocenters. The normalized spacial score (nSPS) is 17.6. The molecule has 0 bridgehead atoms. The van der Waals surface area contributed by atoms with E-state index in [-0.39, 0.29) is 18.0 Å². The first-order chi connectivity index (χ1) is 11.0. The second kappa shape index (κ2) is 5.84. The van der Waals surface area contributed by atoms with Crippen LogP contribution in [0.3, 0.4) is 0 Å². The van der Waals surface area contributed by atoms with Gasteiger partial charge in [-0.2, -0.15) is 0 Å². The highest BCUT2D eigenvalue weighted by Gasteiger charge is 2.39. The maximum absolute atomic E-state index is 12.4. The molecular weight excluding hydrogens is 368 g/mol. The van der Waals surface area contributed by atoms with Crippen molar-refractivity contribution in [2.45, 2.75) is 12.5 Å². The molecular formula is C14H11BrN4O4. The van der Waals surface area contributed by atoms with Gasteiger partial charge in [-0.3, -0.25) is 19.4 Å². The smallest absolute Gasteiger partial charge is 0.325 e. The number of H-pyrrole nitrogens is 2. The minimum atomic E-state index is -0.863. The molecule has 3 rings (SSSR count). The van der Waals surface area contributed by atoms with Crippen molar-refractivity contribution in [2.24, 2.45) is 0 Å². The van der Waals surface area contributed by atoms with Crippen molar-refractivity contribution < 1.29 is 9.59 Å². The zero-order chi connectivity index (χ0) is 16.6. The minimum Gasteiger partial charge on any atom is -0.368 e. The van der Waals surface area contributed by atoms with E-state index >= 15 is 0 Å². The van der Waals surface area contributed by atoms with Gasteiger partial charge in [-0.15, -0.1) is 0 Å². The number of benzene rings is 1. The maximum atomic E-state index is 12.4. The molecule has 0 aliphatic carbocycles. The third-order valence-electron chi connectivity index (χ3n) is 3.38. The van der Waals surface area contributed by atoms with Gasteiger partial charge in [0.1, 0.15) is 11.7 Å². The van der Waals surface area contributed by atoms with Gasteiger partial charge in [-0.05, 0) is 24.3 Å². The Balaban J connectivity index is 1.85. The Hall–Kier alpha value is -2.68. The van der Waals surface area contributed by atoms with Crippen molar-refractivity contribution in [2.75, 3.05) is 10.2 Å². The number of carbonyl (C=O) groups excluding carboxylic acids is 2. The summed E-state index contributed by atoms with van der Waals surface area (Å²) in [7, 11) is 0. The topological polar surface area (TPSA) is 115 Å². The number of imide groups is 1. The molecule has 1 saturated heterocycles. The predicted octanol–water partition coefficient (Wildman–Crippen LogP) is 0.570. The van der Waals surface area contributed by atoms with Gasteiger partial charge in [-0.1, -0.05) is 15.9 Å². The van der Waals surface area contributed by atoms with E-state index in [0.29, 0.717) is 5.69 Å². The molecule has 118 valence electrons. The molecule has 0 saturated carbocycles. The summed E-state index contributed by atoms with van der Waals surface area (Å²) in [5.74, 6) is -0.821. The molecule has 9 heteroatoms. The van der Waals surface area contributed by atoms with E-state index in [1.54, 1.807) is 24.3 Å². The highest BCUT2D eigenvalue weighted by atomic mass is 79.9. The monoisotopic (exact) mass is 378 g/mol. The van der Waals surface area contributed by atoms with Gasteiger partial charge in [0.05, 0.1) is 12.1 Å². The molecule has 0 spiro atoms. The van der Waals surface area contributed by atoms with E-state index in [9.17, 15) is 19.2 Å². The lowest BCUT2D eigenvalue weighted by atomic mass is 10.2. The molecule has 8 nitrogen and oxygen atoms in total. The molecule has 1 aromatic carbocycles. The fraction of sp³-hybridized carbons (Fsp3) is 0.143. The Morgan fingerprint density at radius 2 is 1.83 bits per heavy atom. The average molecular weight is 379 g/mol. The molecule has 1 atom stereocenters. The second-order valence-corrected chi connectivity index (χ2v) is 5.85. The molecule has 2 amide bonds. The predicted molar refractivity (Wildman–Crippen MR) is 86.3 cm³/mol. The zero-order valence-electron chi connectivity index (χ0n) is 11.6. The first-order valence-electron chi connectivity index (χ1n) is 6.66. The van der Waals surface area contributed by atoms with Crippen LogP contribution in [0.15, 0.2) is 44.5 Å². The average Bonchev–Trinajstić information content (AvgIpc) is 2.78. The van der Waals surface area contributed by atoms with E-state index < -0.39 is 23.2 Å². The Morgan fingerprint density at radius 3 is 2.48 bits per heavy atom. The molecule has 1 fully saturated rings. The third-order valence-corrected chi connectivity index (χ3v) is 3.91. The van der Waals surface area contributed by atoms with Crippen molar-refractivity contribution in [3.8, 4) is 0 Å². The standard InChI is InChI=1S/C14H11BrN4O4/c15-7-1-3-8(4-2-7)19-11(20)5-9(13(19)22)17-10-6-16-14(23)18-12(10)21/h1-4,6,9,17H,5H2,(H2,16,18,21,23)/t9-/m0/s1. The Kier molecular flexibility index (Phi) is 3.87. The van der Waals surface area contributed by atoms with Crippen molar-refractivity contribution in [1.29, 1.82) is 0 Å². The Bertz CT molecular complexity index is 887. The summed E-state index contributed by atoms with van der Waals surface area (Å²) < 4.78 is 0.829. The summed E-state index contributed by atoms with van der Waals surface area (Å²) in [6.45, 7) is 0. The SMILES string of the molecule is O=C1C[C@H](Nc2c[nH]c(=O)[nH]c2=O)C(=O)N1c1ccc(Br)cc1. The van der Waals surface area contributed by atoms with E-state index in [4.69, 9.17) is 0 Å². The maximum Gasteiger partial charge on any atom is 0.325 e. The van der Waals surface area contributed by atoms with Crippen LogP contribution in [0.2, 0.25) is 0 Å². The van der Waals surface area contributed by atoms with Gasteiger partial charge in [0, 0.05) is 10.7 Å². The lowest BCUT2D eigenvalue weighted by Crippen LogP contribution is -2.36. The van der Waals surface area contributed by atoms with Gasteiger partial charge in [0.15, 0.2) is 0 Å². The Labute approximate surface area is 137 Å². The molecule has 0 radical (unpaired) electrons. The van der Waals surface area contributed by atoms with E-state index in [0.717, 1.165) is 9.37 Å². The molecule has 1 aliphatic heterocycles. The molecule has 2 aromatic rings. The number of nitrogens with one attached hydrogen (secondary N) is 3. The Morgan fingerprint density at radius 1 is 1.13 bits per heavy atom. The van der Waals surface area contributed by atoms with Crippen LogP contribution in [0.4, 0.5) is 11.4 Å².